The number of thiophene rings is 1. The monoisotopic (exact) mass is 323 g/mol. The Labute approximate surface area is 116 Å². The van der Waals surface area contributed by atoms with Crippen LogP contribution in [0.25, 0.3) is 0 Å². The van der Waals surface area contributed by atoms with Gasteiger partial charge in [0.25, 0.3) is 0 Å². The minimum Gasteiger partial charge on any atom is -0.294 e. The Morgan fingerprint density at radius 3 is 2.56 bits per heavy atom. The van der Waals surface area contributed by atoms with Crippen LogP contribution in [0.15, 0.2) is 15.9 Å². The molecule has 1 rings (SSSR count). The summed E-state index contributed by atoms with van der Waals surface area (Å²) < 4.78 is 1.23. The van der Waals surface area contributed by atoms with E-state index in [9.17, 15) is 0 Å². The molecule has 0 spiro atoms. The standard InChI is InChI=1S/C12H19BrClNS/c1-3-10(4-2)15(7-6-14)9-12-11(13)5-8-16-12/h5,8,10H,3-4,6-7,9H2,1-2H3. The molecule has 0 unspecified atom stereocenters. The van der Waals surface area contributed by atoms with Gasteiger partial charge in [0.2, 0.25) is 0 Å². The molecule has 0 N–H and O–H groups in total. The molecule has 0 fully saturated rings. The molecule has 0 amide bonds. The average molecular weight is 325 g/mol. The fraction of sp³-hybridized carbons (Fsp3) is 0.667. The van der Waals surface area contributed by atoms with E-state index in [0.29, 0.717) is 11.9 Å². The van der Waals surface area contributed by atoms with Crippen molar-refractivity contribution >= 4 is 38.9 Å². The number of alkyl halides is 1. The first kappa shape index (κ1) is 14.5. The van der Waals surface area contributed by atoms with Gasteiger partial charge in [-0.25, -0.2) is 0 Å². The lowest BCUT2D eigenvalue weighted by molar-refractivity contribution is 0.189. The molecule has 0 aliphatic heterocycles. The van der Waals surface area contributed by atoms with Crippen LogP contribution in [0.3, 0.4) is 0 Å². The lowest BCUT2D eigenvalue weighted by atomic mass is 10.1. The van der Waals surface area contributed by atoms with Crippen LogP contribution in [0.2, 0.25) is 0 Å². The first-order chi connectivity index (χ1) is 7.72. The highest BCUT2D eigenvalue weighted by molar-refractivity contribution is 9.10. The third kappa shape index (κ3) is 4.02. The SMILES string of the molecule is CCC(CC)N(CCCl)Cc1sccc1Br. The van der Waals surface area contributed by atoms with Crippen LogP contribution in [-0.4, -0.2) is 23.4 Å². The van der Waals surface area contributed by atoms with Gasteiger partial charge in [-0.2, -0.15) is 0 Å². The Morgan fingerprint density at radius 1 is 1.44 bits per heavy atom. The molecule has 0 saturated carbocycles. The smallest absolute Gasteiger partial charge is 0.0351 e. The van der Waals surface area contributed by atoms with Crippen LogP contribution in [-0.2, 0) is 6.54 Å². The number of nitrogens with zero attached hydrogens (tertiary/aromatic N) is 1. The molecule has 92 valence electrons. The van der Waals surface area contributed by atoms with Crippen molar-refractivity contribution < 1.29 is 0 Å². The van der Waals surface area contributed by atoms with E-state index in [0.717, 1.165) is 13.1 Å². The van der Waals surface area contributed by atoms with Gasteiger partial charge in [0.1, 0.15) is 0 Å². The van der Waals surface area contributed by atoms with E-state index in [1.165, 1.54) is 22.2 Å². The van der Waals surface area contributed by atoms with Crippen molar-refractivity contribution in [1.82, 2.24) is 4.90 Å². The van der Waals surface area contributed by atoms with Crippen LogP contribution in [0.1, 0.15) is 31.6 Å². The van der Waals surface area contributed by atoms with Gasteiger partial charge in [-0.05, 0) is 40.2 Å². The van der Waals surface area contributed by atoms with Gasteiger partial charge >= 0.3 is 0 Å². The topological polar surface area (TPSA) is 3.24 Å². The second-order valence-electron chi connectivity index (χ2n) is 3.82. The lowest BCUT2D eigenvalue weighted by Crippen LogP contribution is -2.35. The molecule has 1 aromatic heterocycles. The highest BCUT2D eigenvalue weighted by atomic mass is 79.9. The molecular weight excluding hydrogens is 306 g/mol. The summed E-state index contributed by atoms with van der Waals surface area (Å²) in [5.41, 5.74) is 0. The van der Waals surface area contributed by atoms with Crippen molar-refractivity contribution in [2.75, 3.05) is 12.4 Å². The summed E-state index contributed by atoms with van der Waals surface area (Å²) in [4.78, 5) is 3.89. The minimum absolute atomic E-state index is 0.646. The molecule has 4 heteroatoms. The molecule has 0 bridgehead atoms. The summed E-state index contributed by atoms with van der Waals surface area (Å²) in [6.45, 7) is 6.48. The summed E-state index contributed by atoms with van der Waals surface area (Å²) in [5.74, 6) is 0.708. The van der Waals surface area contributed by atoms with E-state index in [2.05, 4.69) is 46.1 Å². The van der Waals surface area contributed by atoms with Gasteiger partial charge < -0.3 is 0 Å². The molecule has 1 heterocycles. The van der Waals surface area contributed by atoms with E-state index < -0.39 is 0 Å². The third-order valence-corrected chi connectivity index (χ3v) is 4.95. The second kappa shape index (κ2) is 7.70. The molecule has 0 atom stereocenters. The molecule has 0 aromatic carbocycles. The quantitative estimate of drug-likeness (QED) is 0.655. The molecular formula is C12H19BrClNS. The van der Waals surface area contributed by atoms with E-state index in [4.69, 9.17) is 11.6 Å². The number of rotatable bonds is 7. The zero-order valence-corrected chi connectivity index (χ0v) is 13.0. The van der Waals surface area contributed by atoms with Crippen molar-refractivity contribution in [2.45, 2.75) is 39.3 Å². The Balaban J connectivity index is 2.67. The highest BCUT2D eigenvalue weighted by Gasteiger charge is 2.16. The molecule has 1 aromatic rings. The van der Waals surface area contributed by atoms with Crippen LogP contribution < -0.4 is 0 Å². The maximum Gasteiger partial charge on any atom is 0.0351 e. The fourth-order valence-corrected chi connectivity index (χ4v) is 3.65. The first-order valence-corrected chi connectivity index (χ1v) is 7.95. The lowest BCUT2D eigenvalue weighted by Gasteiger charge is -2.29. The van der Waals surface area contributed by atoms with E-state index in [1.807, 2.05) is 11.3 Å². The van der Waals surface area contributed by atoms with E-state index in [1.54, 1.807) is 0 Å². The summed E-state index contributed by atoms with van der Waals surface area (Å²) in [5, 5.41) is 2.13. The van der Waals surface area contributed by atoms with Gasteiger partial charge in [-0.3, -0.25) is 4.90 Å². The zero-order valence-electron chi connectivity index (χ0n) is 9.88. The minimum atomic E-state index is 0.646. The van der Waals surface area contributed by atoms with Crippen LogP contribution >= 0.6 is 38.9 Å². The van der Waals surface area contributed by atoms with Gasteiger partial charge in [0.15, 0.2) is 0 Å². The second-order valence-corrected chi connectivity index (χ2v) is 6.05. The van der Waals surface area contributed by atoms with Crippen LogP contribution in [0.5, 0.6) is 0 Å². The number of hydrogen-bond donors (Lipinski definition) is 0. The maximum absolute atomic E-state index is 5.88. The predicted molar refractivity (Wildman–Crippen MR) is 77.5 cm³/mol. The zero-order chi connectivity index (χ0) is 12.0. The summed E-state index contributed by atoms with van der Waals surface area (Å²) in [6, 6.07) is 2.76. The molecule has 16 heavy (non-hydrogen) atoms. The van der Waals surface area contributed by atoms with Gasteiger partial charge in [-0.1, -0.05) is 13.8 Å². The molecule has 0 aliphatic rings. The van der Waals surface area contributed by atoms with Crippen LogP contribution in [0, 0.1) is 0 Å². The predicted octanol–water partition coefficient (Wildman–Crippen LogP) is 4.74. The summed E-state index contributed by atoms with van der Waals surface area (Å²) in [6.07, 6.45) is 2.38. The van der Waals surface area contributed by atoms with Crippen LogP contribution in [0.4, 0.5) is 0 Å². The fourth-order valence-electron chi connectivity index (χ4n) is 1.93. The number of hydrogen-bond acceptors (Lipinski definition) is 2. The normalized spacial score (nSPS) is 11.6. The molecule has 0 radical (unpaired) electrons. The Morgan fingerprint density at radius 2 is 2.12 bits per heavy atom. The van der Waals surface area contributed by atoms with Crippen molar-refractivity contribution in [2.24, 2.45) is 0 Å². The average Bonchev–Trinajstić information content (AvgIpc) is 2.66. The van der Waals surface area contributed by atoms with Crippen molar-refractivity contribution in [3.63, 3.8) is 0 Å². The van der Waals surface area contributed by atoms with Crippen molar-refractivity contribution in [3.8, 4) is 0 Å². The molecule has 0 saturated heterocycles. The Bertz CT molecular complexity index is 299. The Hall–Kier alpha value is 0.430. The maximum atomic E-state index is 5.88. The first-order valence-electron chi connectivity index (χ1n) is 5.74. The third-order valence-electron chi connectivity index (χ3n) is 2.87. The van der Waals surface area contributed by atoms with E-state index >= 15 is 0 Å². The van der Waals surface area contributed by atoms with E-state index in [-0.39, 0.29) is 0 Å². The molecule has 1 nitrogen and oxygen atoms in total. The largest absolute Gasteiger partial charge is 0.294 e. The summed E-state index contributed by atoms with van der Waals surface area (Å²) >= 11 is 11.3. The van der Waals surface area contributed by atoms with Gasteiger partial charge in [0.05, 0.1) is 0 Å². The van der Waals surface area contributed by atoms with Crippen molar-refractivity contribution in [1.29, 1.82) is 0 Å². The van der Waals surface area contributed by atoms with Crippen molar-refractivity contribution in [3.05, 3.63) is 20.8 Å². The highest BCUT2D eigenvalue weighted by Crippen LogP contribution is 2.25. The number of halogens is 2. The van der Waals surface area contributed by atoms with Gasteiger partial charge in [-0.15, -0.1) is 22.9 Å². The van der Waals surface area contributed by atoms with Gasteiger partial charge in [0, 0.05) is 34.4 Å². The Kier molecular flexibility index (Phi) is 6.97. The summed E-state index contributed by atoms with van der Waals surface area (Å²) in [7, 11) is 0. The molecule has 0 aliphatic carbocycles.